The van der Waals surface area contributed by atoms with Crippen molar-refractivity contribution in [2.45, 2.75) is 20.0 Å². The quantitative estimate of drug-likeness (QED) is 0.714. The third-order valence-corrected chi connectivity index (χ3v) is 3.88. The molecule has 2 aromatic heterocycles. The summed E-state index contributed by atoms with van der Waals surface area (Å²) in [4.78, 5) is 28.0. The van der Waals surface area contributed by atoms with E-state index in [1.807, 2.05) is 0 Å². The lowest BCUT2D eigenvalue weighted by Gasteiger charge is -2.09. The molecule has 5 nitrogen and oxygen atoms in total. The van der Waals surface area contributed by atoms with E-state index in [1.165, 1.54) is 13.0 Å². The van der Waals surface area contributed by atoms with E-state index in [1.54, 1.807) is 31.2 Å². The largest absolute Gasteiger partial charge is 0.417 e. The number of hydrogen-bond acceptors (Lipinski definition) is 3. The molecule has 0 radical (unpaired) electrons. The molecule has 26 heavy (non-hydrogen) atoms. The molecule has 1 aromatic carbocycles. The maximum absolute atomic E-state index is 12.9. The van der Waals surface area contributed by atoms with Crippen LogP contribution in [0.25, 0.3) is 5.65 Å². The standard InChI is InChI=1S/C18H14F3N3O2/c1-10-16(17(26)23-14-6-3-12(4-7-14)11(2)25)24-9-13(18(19,20)21)5-8-15(24)22-10/h3-9H,1-2H3,(H,23,26). The third kappa shape index (κ3) is 3.30. The number of ketones is 1. The first-order valence-electron chi connectivity index (χ1n) is 7.65. The number of amides is 1. The van der Waals surface area contributed by atoms with Gasteiger partial charge in [-0.2, -0.15) is 13.2 Å². The third-order valence-electron chi connectivity index (χ3n) is 3.88. The lowest BCUT2D eigenvalue weighted by atomic mass is 10.1. The van der Waals surface area contributed by atoms with E-state index in [0.29, 0.717) is 16.9 Å². The van der Waals surface area contributed by atoms with Gasteiger partial charge in [0.05, 0.1) is 11.3 Å². The van der Waals surface area contributed by atoms with Gasteiger partial charge in [0, 0.05) is 17.4 Å². The van der Waals surface area contributed by atoms with Crippen LogP contribution in [0.3, 0.4) is 0 Å². The van der Waals surface area contributed by atoms with E-state index in [9.17, 15) is 22.8 Å². The Bertz CT molecular complexity index is 1000. The van der Waals surface area contributed by atoms with Gasteiger partial charge in [0.2, 0.25) is 0 Å². The average molecular weight is 361 g/mol. The molecule has 0 aliphatic rings. The average Bonchev–Trinajstić information content (AvgIpc) is 2.89. The maximum Gasteiger partial charge on any atom is 0.417 e. The number of hydrogen-bond donors (Lipinski definition) is 1. The Balaban J connectivity index is 1.97. The molecule has 0 atom stereocenters. The van der Waals surface area contributed by atoms with Crippen LogP contribution in [-0.4, -0.2) is 21.1 Å². The maximum atomic E-state index is 12.9. The highest BCUT2D eigenvalue weighted by Crippen LogP contribution is 2.30. The zero-order chi connectivity index (χ0) is 19.1. The van der Waals surface area contributed by atoms with E-state index in [0.717, 1.165) is 16.7 Å². The van der Waals surface area contributed by atoms with Crippen molar-refractivity contribution in [2.24, 2.45) is 0 Å². The molecular weight excluding hydrogens is 347 g/mol. The molecular formula is C18H14F3N3O2. The minimum absolute atomic E-state index is 0.0155. The molecule has 2 heterocycles. The zero-order valence-electron chi connectivity index (χ0n) is 13.9. The van der Waals surface area contributed by atoms with Crippen molar-refractivity contribution in [1.82, 2.24) is 9.38 Å². The molecule has 3 aromatic rings. The van der Waals surface area contributed by atoms with Crippen LogP contribution in [-0.2, 0) is 6.18 Å². The lowest BCUT2D eigenvalue weighted by molar-refractivity contribution is -0.137. The highest BCUT2D eigenvalue weighted by atomic mass is 19.4. The van der Waals surface area contributed by atoms with Crippen molar-refractivity contribution in [3.05, 3.63) is 65.1 Å². The van der Waals surface area contributed by atoms with Crippen LogP contribution in [0, 0.1) is 6.92 Å². The Hall–Kier alpha value is -3.16. The molecule has 0 unspecified atom stereocenters. The van der Waals surface area contributed by atoms with Crippen LogP contribution in [0.1, 0.15) is 39.0 Å². The molecule has 0 aliphatic heterocycles. The number of rotatable bonds is 3. The van der Waals surface area contributed by atoms with Gasteiger partial charge in [0.15, 0.2) is 5.78 Å². The summed E-state index contributed by atoms with van der Waals surface area (Å²) in [5.41, 5.74) is 0.601. The first-order chi connectivity index (χ1) is 12.2. The fourth-order valence-corrected chi connectivity index (χ4v) is 2.58. The summed E-state index contributed by atoms with van der Waals surface area (Å²) in [6, 6.07) is 8.35. The van der Waals surface area contributed by atoms with E-state index in [4.69, 9.17) is 0 Å². The molecule has 0 saturated carbocycles. The molecule has 0 saturated heterocycles. The molecule has 1 amide bonds. The van der Waals surface area contributed by atoms with Gasteiger partial charge in [-0.1, -0.05) is 0 Å². The number of carbonyl (C=O) groups excluding carboxylic acids is 2. The Kier molecular flexibility index (Phi) is 4.27. The highest BCUT2D eigenvalue weighted by molar-refractivity contribution is 6.04. The summed E-state index contributed by atoms with van der Waals surface area (Å²) in [5.74, 6) is -0.704. The van der Waals surface area contributed by atoms with Gasteiger partial charge in [-0.15, -0.1) is 0 Å². The lowest BCUT2D eigenvalue weighted by Crippen LogP contribution is -2.16. The van der Waals surface area contributed by atoms with E-state index in [2.05, 4.69) is 10.3 Å². The number of aryl methyl sites for hydroxylation is 1. The first kappa shape index (κ1) is 17.7. The van der Waals surface area contributed by atoms with E-state index >= 15 is 0 Å². The first-order valence-corrected chi connectivity index (χ1v) is 7.65. The summed E-state index contributed by atoms with van der Waals surface area (Å²) in [6.07, 6.45) is -3.67. The SMILES string of the molecule is CC(=O)c1ccc(NC(=O)c2c(C)nc3ccc(C(F)(F)F)cn23)cc1. The van der Waals surface area contributed by atoms with Gasteiger partial charge in [0.25, 0.3) is 5.91 Å². The number of benzene rings is 1. The Morgan fingerprint density at radius 3 is 2.31 bits per heavy atom. The van der Waals surface area contributed by atoms with Crippen molar-refractivity contribution < 1.29 is 22.8 Å². The van der Waals surface area contributed by atoms with Crippen LogP contribution in [0.15, 0.2) is 42.6 Å². The molecule has 0 aliphatic carbocycles. The number of Topliss-reactive ketones (excluding diaryl/α,β-unsaturated/α-hetero) is 1. The van der Waals surface area contributed by atoms with Crippen molar-refractivity contribution in [3.8, 4) is 0 Å². The predicted molar refractivity (Wildman–Crippen MR) is 89.3 cm³/mol. The van der Waals surface area contributed by atoms with E-state index in [-0.39, 0.29) is 17.1 Å². The Morgan fingerprint density at radius 1 is 1.08 bits per heavy atom. The van der Waals surface area contributed by atoms with Crippen LogP contribution in [0.2, 0.25) is 0 Å². The minimum Gasteiger partial charge on any atom is -0.321 e. The summed E-state index contributed by atoms with van der Waals surface area (Å²) < 4.78 is 40.0. The van der Waals surface area contributed by atoms with Gasteiger partial charge < -0.3 is 5.32 Å². The molecule has 134 valence electrons. The number of nitrogens with zero attached hydrogens (tertiary/aromatic N) is 2. The summed E-state index contributed by atoms with van der Waals surface area (Å²) in [7, 11) is 0. The second-order valence-corrected chi connectivity index (χ2v) is 5.78. The summed E-state index contributed by atoms with van der Waals surface area (Å²) in [6.45, 7) is 2.97. The monoisotopic (exact) mass is 361 g/mol. The van der Waals surface area contributed by atoms with Gasteiger partial charge in [0.1, 0.15) is 11.3 Å². The van der Waals surface area contributed by atoms with Crippen molar-refractivity contribution in [2.75, 3.05) is 5.32 Å². The van der Waals surface area contributed by atoms with Gasteiger partial charge in [-0.3, -0.25) is 14.0 Å². The van der Waals surface area contributed by atoms with Crippen molar-refractivity contribution in [3.63, 3.8) is 0 Å². The number of halogens is 3. The van der Waals surface area contributed by atoms with Crippen LogP contribution >= 0.6 is 0 Å². The number of fused-ring (bicyclic) bond motifs is 1. The molecule has 0 spiro atoms. The highest BCUT2D eigenvalue weighted by Gasteiger charge is 2.31. The van der Waals surface area contributed by atoms with Crippen molar-refractivity contribution >= 4 is 23.0 Å². The number of pyridine rings is 1. The Labute approximate surface area is 146 Å². The fourth-order valence-electron chi connectivity index (χ4n) is 2.58. The number of carbonyl (C=O) groups is 2. The van der Waals surface area contributed by atoms with Gasteiger partial charge >= 0.3 is 6.18 Å². The van der Waals surface area contributed by atoms with E-state index < -0.39 is 17.6 Å². The van der Waals surface area contributed by atoms with Crippen LogP contribution in [0.5, 0.6) is 0 Å². The molecule has 0 bridgehead atoms. The molecule has 1 N–H and O–H groups in total. The van der Waals surface area contributed by atoms with Crippen molar-refractivity contribution in [1.29, 1.82) is 0 Å². The second-order valence-electron chi connectivity index (χ2n) is 5.78. The summed E-state index contributed by atoms with van der Waals surface area (Å²) in [5, 5.41) is 2.61. The summed E-state index contributed by atoms with van der Waals surface area (Å²) >= 11 is 0. The van der Waals surface area contributed by atoms with Gasteiger partial charge in [-0.05, 0) is 50.2 Å². The van der Waals surface area contributed by atoms with Gasteiger partial charge in [-0.25, -0.2) is 4.98 Å². The van der Waals surface area contributed by atoms with Crippen LogP contribution < -0.4 is 5.32 Å². The number of imidazole rings is 1. The number of nitrogens with one attached hydrogen (secondary N) is 1. The number of aromatic nitrogens is 2. The zero-order valence-corrected chi connectivity index (χ0v) is 13.9. The second kappa shape index (κ2) is 6.29. The minimum atomic E-state index is -4.53. The normalized spacial score (nSPS) is 11.6. The Morgan fingerprint density at radius 2 is 1.73 bits per heavy atom. The predicted octanol–water partition coefficient (Wildman–Crippen LogP) is 4.12. The fraction of sp³-hybridized carbons (Fsp3) is 0.167. The molecule has 0 fully saturated rings. The number of anilines is 1. The van der Waals surface area contributed by atoms with Crippen LogP contribution in [0.4, 0.5) is 18.9 Å². The topological polar surface area (TPSA) is 63.5 Å². The molecule has 3 rings (SSSR count). The number of alkyl halides is 3. The molecule has 8 heteroatoms. The smallest absolute Gasteiger partial charge is 0.321 e.